The molecule has 5 nitrogen and oxygen atoms in total. The number of amides is 1. The van der Waals surface area contributed by atoms with Crippen molar-refractivity contribution in [3.63, 3.8) is 0 Å². The molecule has 3 rings (SSSR count). The molecule has 7 heteroatoms. The number of hydrogen-bond acceptors (Lipinski definition) is 4. The normalized spacial score (nSPS) is 23.1. The third-order valence-electron chi connectivity index (χ3n) is 4.14. The van der Waals surface area contributed by atoms with Crippen LogP contribution in [0.5, 0.6) is 0 Å². The van der Waals surface area contributed by atoms with E-state index in [1.165, 1.54) is 16.1 Å². The van der Waals surface area contributed by atoms with E-state index in [4.69, 9.17) is 0 Å². The van der Waals surface area contributed by atoms with Gasteiger partial charge in [0.05, 0.1) is 10.8 Å². The molecule has 0 spiro atoms. The van der Waals surface area contributed by atoms with Crippen LogP contribution < -0.4 is 0 Å². The summed E-state index contributed by atoms with van der Waals surface area (Å²) >= 11 is 1.50. The van der Waals surface area contributed by atoms with Crippen LogP contribution >= 0.6 is 11.8 Å². The van der Waals surface area contributed by atoms with Crippen molar-refractivity contribution in [1.82, 2.24) is 9.21 Å². The Hall–Kier alpha value is -1.05. The predicted molar refractivity (Wildman–Crippen MR) is 87.1 cm³/mol. The highest BCUT2D eigenvalue weighted by molar-refractivity contribution is 8.00. The topological polar surface area (TPSA) is 57.7 Å². The van der Waals surface area contributed by atoms with Crippen LogP contribution in [0, 0.1) is 6.92 Å². The van der Waals surface area contributed by atoms with Crippen molar-refractivity contribution in [1.29, 1.82) is 0 Å². The van der Waals surface area contributed by atoms with Gasteiger partial charge in [-0.3, -0.25) is 4.79 Å². The largest absolute Gasteiger partial charge is 0.341 e. The molecule has 22 heavy (non-hydrogen) atoms. The fraction of sp³-hybridized carbons (Fsp3) is 0.533. The summed E-state index contributed by atoms with van der Waals surface area (Å²) in [4.78, 5) is 14.7. The van der Waals surface area contributed by atoms with Gasteiger partial charge in [0, 0.05) is 18.8 Å². The molecule has 1 amide bonds. The fourth-order valence-electron chi connectivity index (χ4n) is 2.92. The van der Waals surface area contributed by atoms with Crippen LogP contribution in [0.25, 0.3) is 0 Å². The molecule has 2 aliphatic heterocycles. The molecule has 0 aliphatic carbocycles. The Kier molecular flexibility index (Phi) is 4.47. The average molecular weight is 340 g/mol. The number of carbonyl (C=O) groups is 1. The predicted octanol–water partition coefficient (Wildman–Crippen LogP) is 1.68. The molecule has 0 aromatic heterocycles. The van der Waals surface area contributed by atoms with Crippen LogP contribution in [0.3, 0.4) is 0 Å². The molecule has 2 heterocycles. The third-order valence-corrected chi connectivity index (χ3v) is 7.17. The molecule has 1 aromatic rings. The number of hydrogen-bond donors (Lipinski definition) is 0. The van der Waals surface area contributed by atoms with Gasteiger partial charge in [0.15, 0.2) is 0 Å². The van der Waals surface area contributed by atoms with E-state index in [9.17, 15) is 13.2 Å². The van der Waals surface area contributed by atoms with E-state index >= 15 is 0 Å². The van der Waals surface area contributed by atoms with Crippen LogP contribution in [0.2, 0.25) is 0 Å². The van der Waals surface area contributed by atoms with Crippen LogP contribution in [0.4, 0.5) is 0 Å². The van der Waals surface area contributed by atoms with Gasteiger partial charge in [-0.1, -0.05) is 12.1 Å². The van der Waals surface area contributed by atoms with E-state index in [0.29, 0.717) is 11.6 Å². The summed E-state index contributed by atoms with van der Waals surface area (Å²) in [6.07, 6.45) is 2.02. The summed E-state index contributed by atoms with van der Waals surface area (Å²) in [5.74, 6) is 0.847. The number of likely N-dealkylation sites (tertiary alicyclic amines) is 1. The van der Waals surface area contributed by atoms with Crippen molar-refractivity contribution < 1.29 is 13.2 Å². The van der Waals surface area contributed by atoms with Crippen molar-refractivity contribution in [3.8, 4) is 0 Å². The molecular formula is C15H20N2O3S2. The van der Waals surface area contributed by atoms with Gasteiger partial charge in [0.25, 0.3) is 0 Å². The van der Waals surface area contributed by atoms with E-state index in [0.717, 1.165) is 31.5 Å². The van der Waals surface area contributed by atoms with E-state index in [1.807, 2.05) is 13.0 Å². The molecule has 0 saturated carbocycles. The number of rotatable bonds is 3. The summed E-state index contributed by atoms with van der Waals surface area (Å²) in [7, 11) is -3.62. The third kappa shape index (κ3) is 2.89. The smallest absolute Gasteiger partial charge is 0.244 e. The minimum Gasteiger partial charge on any atom is -0.341 e. The zero-order valence-corrected chi connectivity index (χ0v) is 14.2. The molecule has 120 valence electrons. The lowest BCUT2D eigenvalue weighted by atomic mass is 10.2. The van der Waals surface area contributed by atoms with E-state index in [1.54, 1.807) is 23.1 Å². The van der Waals surface area contributed by atoms with Crippen molar-refractivity contribution in [2.75, 3.05) is 24.7 Å². The number of sulfonamides is 1. The first-order chi connectivity index (χ1) is 10.5. The molecule has 0 N–H and O–H groups in total. The van der Waals surface area contributed by atoms with Crippen molar-refractivity contribution in [3.05, 3.63) is 29.8 Å². The lowest BCUT2D eigenvalue weighted by Gasteiger charge is -2.26. The lowest BCUT2D eigenvalue weighted by Crippen LogP contribution is -2.48. The van der Waals surface area contributed by atoms with Gasteiger partial charge in [-0.2, -0.15) is 4.31 Å². The van der Waals surface area contributed by atoms with E-state index in [2.05, 4.69) is 0 Å². The van der Waals surface area contributed by atoms with Gasteiger partial charge in [0.2, 0.25) is 15.9 Å². The molecule has 0 radical (unpaired) electrons. The Labute approximate surface area is 135 Å². The Balaban J connectivity index is 1.87. The summed E-state index contributed by atoms with van der Waals surface area (Å²) in [5.41, 5.74) is 0.898. The maximum absolute atomic E-state index is 12.9. The first-order valence-corrected chi connectivity index (χ1v) is 10.0. The Morgan fingerprint density at radius 1 is 1.27 bits per heavy atom. The van der Waals surface area contributed by atoms with Crippen molar-refractivity contribution >= 4 is 27.7 Å². The van der Waals surface area contributed by atoms with Crippen LogP contribution in [0.1, 0.15) is 18.4 Å². The first kappa shape index (κ1) is 15.8. The maximum Gasteiger partial charge on any atom is 0.244 e. The highest BCUT2D eigenvalue weighted by Crippen LogP contribution is 2.30. The second-order valence-corrected chi connectivity index (χ2v) is 8.65. The lowest BCUT2D eigenvalue weighted by molar-refractivity contribution is -0.133. The molecule has 0 bridgehead atoms. The summed E-state index contributed by atoms with van der Waals surface area (Å²) < 4.78 is 27.1. The minimum atomic E-state index is -3.62. The maximum atomic E-state index is 12.9. The van der Waals surface area contributed by atoms with E-state index in [-0.39, 0.29) is 10.8 Å². The number of benzene rings is 1. The number of nitrogens with zero attached hydrogens (tertiary/aromatic N) is 2. The van der Waals surface area contributed by atoms with Gasteiger partial charge in [-0.15, -0.1) is 11.8 Å². The summed E-state index contributed by atoms with van der Waals surface area (Å²) in [6.45, 7) is 3.36. The van der Waals surface area contributed by atoms with Crippen LogP contribution in [-0.2, 0) is 14.8 Å². The quantitative estimate of drug-likeness (QED) is 0.840. The van der Waals surface area contributed by atoms with Gasteiger partial charge in [-0.05, 0) is 37.5 Å². The summed E-state index contributed by atoms with van der Waals surface area (Å²) in [5, 5.41) is 0. The molecule has 0 unspecified atom stereocenters. The standard InChI is InChI=1S/C15H20N2O3S2/c1-12-5-4-6-13(9-12)22(19,20)17-11-21-10-14(17)15(18)16-7-2-3-8-16/h4-6,9,14H,2-3,7-8,10-11H2,1H3/t14-/m0/s1. The molecule has 2 aliphatic rings. The first-order valence-electron chi connectivity index (χ1n) is 7.45. The second-order valence-electron chi connectivity index (χ2n) is 5.76. The van der Waals surface area contributed by atoms with Gasteiger partial charge < -0.3 is 4.90 Å². The fourth-order valence-corrected chi connectivity index (χ4v) is 6.16. The molecule has 1 atom stereocenters. The zero-order chi connectivity index (χ0) is 15.7. The van der Waals surface area contributed by atoms with E-state index < -0.39 is 16.1 Å². The zero-order valence-electron chi connectivity index (χ0n) is 12.6. The van der Waals surface area contributed by atoms with Gasteiger partial charge in [0.1, 0.15) is 6.04 Å². The average Bonchev–Trinajstić information content (AvgIpc) is 3.18. The Morgan fingerprint density at radius 3 is 2.68 bits per heavy atom. The molecular weight excluding hydrogens is 320 g/mol. The SMILES string of the molecule is Cc1cccc(S(=O)(=O)N2CSC[C@H]2C(=O)N2CCCC2)c1. The Morgan fingerprint density at radius 2 is 2.00 bits per heavy atom. The second kappa shape index (κ2) is 6.22. The molecule has 2 fully saturated rings. The van der Waals surface area contributed by atoms with Gasteiger partial charge in [-0.25, -0.2) is 8.42 Å². The minimum absolute atomic E-state index is 0.0428. The van der Waals surface area contributed by atoms with Gasteiger partial charge >= 0.3 is 0 Å². The number of thioether (sulfide) groups is 1. The molecule has 1 aromatic carbocycles. The van der Waals surface area contributed by atoms with Crippen molar-refractivity contribution in [2.24, 2.45) is 0 Å². The highest BCUT2D eigenvalue weighted by Gasteiger charge is 2.42. The monoisotopic (exact) mass is 340 g/mol. The summed E-state index contributed by atoms with van der Waals surface area (Å²) in [6, 6.07) is 6.31. The van der Waals surface area contributed by atoms with Crippen LogP contribution in [-0.4, -0.2) is 54.3 Å². The van der Waals surface area contributed by atoms with Crippen LogP contribution in [0.15, 0.2) is 29.2 Å². The van der Waals surface area contributed by atoms with Crippen molar-refractivity contribution in [2.45, 2.75) is 30.7 Å². The Bertz CT molecular complexity index is 669. The highest BCUT2D eigenvalue weighted by atomic mass is 32.2. The number of aryl methyl sites for hydroxylation is 1. The molecule has 2 saturated heterocycles. The number of carbonyl (C=O) groups excluding carboxylic acids is 1.